The number of nitrogens with one attached hydrogen (secondary N) is 1. The first kappa shape index (κ1) is 23.6. The van der Waals surface area contributed by atoms with Crippen LogP contribution in [-0.2, 0) is 6.54 Å². The summed E-state index contributed by atoms with van der Waals surface area (Å²) in [4.78, 5) is 29.3. The van der Waals surface area contributed by atoms with Crippen molar-refractivity contribution in [2.75, 3.05) is 29.9 Å². The van der Waals surface area contributed by atoms with Gasteiger partial charge in [-0.05, 0) is 37.5 Å². The molecule has 1 saturated heterocycles. The topological polar surface area (TPSA) is 99.4 Å². The smallest absolute Gasteiger partial charge is 0.407 e. The van der Waals surface area contributed by atoms with E-state index in [-0.39, 0.29) is 12.1 Å². The highest BCUT2D eigenvalue weighted by Gasteiger charge is 2.29. The Hall–Kier alpha value is -4.14. The average molecular weight is 486 g/mol. The molecule has 0 radical (unpaired) electrons. The van der Waals surface area contributed by atoms with Crippen LogP contribution in [0, 0.1) is 0 Å². The number of fused-ring (bicyclic) bond motifs is 1. The van der Waals surface area contributed by atoms with E-state index in [1.807, 2.05) is 29.7 Å². The number of nitrogens with zero attached hydrogens (tertiary/aromatic N) is 6. The van der Waals surface area contributed by atoms with E-state index in [0.29, 0.717) is 37.9 Å². The number of anilines is 2. The van der Waals surface area contributed by atoms with Gasteiger partial charge in [0.15, 0.2) is 17.0 Å². The van der Waals surface area contributed by atoms with Gasteiger partial charge in [-0.3, -0.25) is 0 Å². The maximum Gasteiger partial charge on any atom is 0.407 e. The van der Waals surface area contributed by atoms with Crippen molar-refractivity contribution in [2.24, 2.45) is 0 Å². The van der Waals surface area contributed by atoms with Crippen LogP contribution in [0.3, 0.4) is 0 Å². The number of benzene rings is 2. The molecule has 186 valence electrons. The molecule has 1 aliphatic heterocycles. The van der Waals surface area contributed by atoms with Gasteiger partial charge in [0, 0.05) is 38.3 Å². The summed E-state index contributed by atoms with van der Waals surface area (Å²) < 4.78 is 2.04. The van der Waals surface area contributed by atoms with Crippen LogP contribution < -0.4 is 10.2 Å². The summed E-state index contributed by atoms with van der Waals surface area (Å²) in [5, 5.41) is 12.9. The van der Waals surface area contributed by atoms with Crippen molar-refractivity contribution in [3.8, 4) is 11.1 Å². The molecule has 5 rings (SSSR count). The van der Waals surface area contributed by atoms with Crippen molar-refractivity contribution < 1.29 is 9.90 Å². The van der Waals surface area contributed by atoms with Crippen molar-refractivity contribution in [3.05, 3.63) is 66.5 Å². The van der Waals surface area contributed by atoms with Crippen molar-refractivity contribution in [3.63, 3.8) is 0 Å². The van der Waals surface area contributed by atoms with Crippen molar-refractivity contribution in [1.29, 1.82) is 0 Å². The number of carbonyl (C=O) groups is 1. The van der Waals surface area contributed by atoms with Crippen LogP contribution in [0.15, 0.2) is 60.9 Å². The molecule has 1 fully saturated rings. The number of piperazine rings is 1. The van der Waals surface area contributed by atoms with Gasteiger partial charge in [-0.25, -0.2) is 9.78 Å². The quantitative estimate of drug-likeness (QED) is 0.402. The fourth-order valence-electron chi connectivity index (χ4n) is 4.59. The first-order valence-electron chi connectivity index (χ1n) is 12.3. The third kappa shape index (κ3) is 4.68. The standard InChI is InChI=1S/C27H31N7O2/c1-18(2)34-17-29-23-24(28-15-20-9-11-22(12-10-20)21-7-5-4-6-8-21)30-26(31-25(23)34)33-14-13-32(27(35)36)16-19(33)3/h4-12,17-19H,13-16H2,1-3H3,(H,35,36)(H,28,30,31)/t19-/m1/s1. The van der Waals surface area contributed by atoms with Crippen LogP contribution in [-0.4, -0.2) is 61.3 Å². The molecule has 1 aliphatic rings. The number of imidazole rings is 1. The number of rotatable bonds is 6. The first-order chi connectivity index (χ1) is 17.4. The SMILES string of the molecule is CC(C)n1cnc2c(NCc3ccc(-c4ccccc4)cc3)nc(N3CCN(C(=O)O)C[C@H]3C)nc21. The van der Waals surface area contributed by atoms with E-state index in [1.54, 1.807) is 6.33 Å². The van der Waals surface area contributed by atoms with Crippen LogP contribution in [0.25, 0.3) is 22.3 Å². The van der Waals surface area contributed by atoms with Gasteiger partial charge < -0.3 is 24.8 Å². The summed E-state index contributed by atoms with van der Waals surface area (Å²) in [6.45, 7) is 8.16. The monoisotopic (exact) mass is 485 g/mol. The molecule has 1 amide bonds. The lowest BCUT2D eigenvalue weighted by atomic mass is 10.0. The minimum atomic E-state index is -0.892. The van der Waals surface area contributed by atoms with Gasteiger partial charge in [0.25, 0.3) is 0 Å². The lowest BCUT2D eigenvalue weighted by molar-refractivity contribution is 0.136. The third-order valence-corrected chi connectivity index (χ3v) is 6.64. The predicted molar refractivity (Wildman–Crippen MR) is 141 cm³/mol. The second-order valence-electron chi connectivity index (χ2n) is 9.48. The molecule has 2 aromatic carbocycles. The predicted octanol–water partition coefficient (Wildman–Crippen LogP) is 4.87. The van der Waals surface area contributed by atoms with Gasteiger partial charge >= 0.3 is 6.09 Å². The summed E-state index contributed by atoms with van der Waals surface area (Å²) in [6.07, 6.45) is 0.913. The highest BCUT2D eigenvalue weighted by molar-refractivity contribution is 5.84. The van der Waals surface area contributed by atoms with E-state index >= 15 is 0 Å². The molecule has 9 nitrogen and oxygen atoms in total. The van der Waals surface area contributed by atoms with Crippen LogP contribution >= 0.6 is 0 Å². The Morgan fingerprint density at radius 3 is 2.44 bits per heavy atom. The van der Waals surface area contributed by atoms with E-state index in [1.165, 1.54) is 16.0 Å². The summed E-state index contributed by atoms with van der Waals surface area (Å²) in [6, 6.07) is 19.0. The zero-order chi connectivity index (χ0) is 25.2. The number of amides is 1. The van der Waals surface area contributed by atoms with E-state index in [2.05, 4.69) is 65.4 Å². The van der Waals surface area contributed by atoms with Gasteiger partial charge in [-0.1, -0.05) is 54.6 Å². The molecule has 0 spiro atoms. The molecule has 4 aromatic rings. The third-order valence-electron chi connectivity index (χ3n) is 6.64. The maximum absolute atomic E-state index is 11.4. The Kier molecular flexibility index (Phi) is 6.45. The van der Waals surface area contributed by atoms with Crippen molar-refractivity contribution in [1.82, 2.24) is 24.4 Å². The second-order valence-corrected chi connectivity index (χ2v) is 9.48. The molecule has 36 heavy (non-hydrogen) atoms. The summed E-state index contributed by atoms with van der Waals surface area (Å²) in [5.74, 6) is 1.26. The number of hydrogen-bond acceptors (Lipinski definition) is 6. The lowest BCUT2D eigenvalue weighted by Gasteiger charge is -2.38. The number of aromatic nitrogens is 4. The summed E-state index contributed by atoms with van der Waals surface area (Å²) in [7, 11) is 0. The average Bonchev–Trinajstić information content (AvgIpc) is 3.32. The fourth-order valence-corrected chi connectivity index (χ4v) is 4.59. The van der Waals surface area contributed by atoms with Crippen LogP contribution in [0.2, 0.25) is 0 Å². The Labute approximate surface area is 210 Å². The van der Waals surface area contributed by atoms with E-state index in [9.17, 15) is 9.90 Å². The molecule has 2 N–H and O–H groups in total. The molecule has 0 aliphatic carbocycles. The molecular formula is C27H31N7O2. The zero-order valence-electron chi connectivity index (χ0n) is 20.8. The van der Waals surface area contributed by atoms with Crippen molar-refractivity contribution >= 4 is 29.0 Å². The van der Waals surface area contributed by atoms with Crippen LogP contribution in [0.1, 0.15) is 32.4 Å². The second kappa shape index (κ2) is 9.85. The molecule has 2 aromatic heterocycles. The molecule has 3 heterocycles. The van der Waals surface area contributed by atoms with Gasteiger partial charge in [0.1, 0.15) is 0 Å². The summed E-state index contributed by atoms with van der Waals surface area (Å²) in [5.41, 5.74) is 5.00. The molecule has 0 bridgehead atoms. The van der Waals surface area contributed by atoms with Crippen molar-refractivity contribution in [2.45, 2.75) is 39.4 Å². The van der Waals surface area contributed by atoms with Gasteiger partial charge in [0.2, 0.25) is 5.95 Å². The Morgan fingerprint density at radius 1 is 1.06 bits per heavy atom. The molecule has 0 unspecified atom stereocenters. The molecule has 1 atom stereocenters. The normalized spacial score (nSPS) is 16.1. The van der Waals surface area contributed by atoms with Crippen LogP contribution in [0.5, 0.6) is 0 Å². The van der Waals surface area contributed by atoms with E-state index < -0.39 is 6.09 Å². The first-order valence-corrected chi connectivity index (χ1v) is 12.3. The fraction of sp³-hybridized carbons (Fsp3) is 0.333. The summed E-state index contributed by atoms with van der Waals surface area (Å²) >= 11 is 0. The van der Waals surface area contributed by atoms with Gasteiger partial charge in [0.05, 0.1) is 6.33 Å². The van der Waals surface area contributed by atoms with E-state index in [0.717, 1.165) is 16.7 Å². The molecule has 0 saturated carbocycles. The number of hydrogen-bond donors (Lipinski definition) is 2. The number of carboxylic acid groups (broad SMARTS) is 1. The maximum atomic E-state index is 11.4. The largest absolute Gasteiger partial charge is 0.465 e. The molecular weight excluding hydrogens is 454 g/mol. The zero-order valence-corrected chi connectivity index (χ0v) is 20.8. The van der Waals surface area contributed by atoms with E-state index in [4.69, 9.17) is 9.97 Å². The Morgan fingerprint density at radius 2 is 1.78 bits per heavy atom. The Bertz CT molecular complexity index is 1350. The van der Waals surface area contributed by atoms with Crippen LogP contribution in [0.4, 0.5) is 16.6 Å². The lowest BCUT2D eigenvalue weighted by Crippen LogP contribution is -2.54. The Balaban J connectivity index is 1.42. The molecule has 9 heteroatoms. The minimum Gasteiger partial charge on any atom is -0.465 e. The van der Waals surface area contributed by atoms with Gasteiger partial charge in [-0.2, -0.15) is 9.97 Å². The highest BCUT2D eigenvalue weighted by Crippen LogP contribution is 2.27. The highest BCUT2D eigenvalue weighted by atomic mass is 16.4. The minimum absolute atomic E-state index is 0.0406. The van der Waals surface area contributed by atoms with Gasteiger partial charge in [-0.15, -0.1) is 0 Å².